The van der Waals surface area contributed by atoms with Crippen molar-refractivity contribution in [3.63, 3.8) is 0 Å². The summed E-state index contributed by atoms with van der Waals surface area (Å²) in [5.41, 5.74) is 1.03. The molecule has 0 spiro atoms. The lowest BCUT2D eigenvalue weighted by molar-refractivity contribution is -0.145. The fourth-order valence-electron chi connectivity index (χ4n) is 1.18. The van der Waals surface area contributed by atoms with Crippen LogP contribution in [0.4, 0.5) is 0 Å². The SMILES string of the molecule is CCOC(=O)C(C)NCc1ccnn1C. The average Bonchev–Trinajstić information content (AvgIpc) is 2.61. The van der Waals surface area contributed by atoms with Crippen LogP contribution in [0.25, 0.3) is 0 Å². The Labute approximate surface area is 89.4 Å². The predicted molar refractivity (Wildman–Crippen MR) is 56.1 cm³/mol. The number of carbonyl (C=O) groups is 1. The van der Waals surface area contributed by atoms with Crippen LogP contribution in [-0.4, -0.2) is 28.4 Å². The second-order valence-corrected chi connectivity index (χ2v) is 3.30. The third-order valence-corrected chi connectivity index (χ3v) is 2.15. The Morgan fingerprint density at radius 1 is 1.73 bits per heavy atom. The topological polar surface area (TPSA) is 56.1 Å². The van der Waals surface area contributed by atoms with E-state index in [0.717, 1.165) is 5.69 Å². The first-order valence-corrected chi connectivity index (χ1v) is 5.02. The zero-order valence-electron chi connectivity index (χ0n) is 9.36. The van der Waals surface area contributed by atoms with Gasteiger partial charge in [0, 0.05) is 19.8 Å². The quantitative estimate of drug-likeness (QED) is 0.719. The molecule has 1 aromatic heterocycles. The summed E-state index contributed by atoms with van der Waals surface area (Å²) >= 11 is 0. The van der Waals surface area contributed by atoms with Crippen LogP contribution in [-0.2, 0) is 23.1 Å². The van der Waals surface area contributed by atoms with Gasteiger partial charge in [0.15, 0.2) is 0 Å². The Balaban J connectivity index is 2.37. The summed E-state index contributed by atoms with van der Waals surface area (Å²) < 4.78 is 6.65. The number of nitrogens with zero attached hydrogens (tertiary/aromatic N) is 2. The monoisotopic (exact) mass is 211 g/mol. The van der Waals surface area contributed by atoms with Gasteiger partial charge in [-0.15, -0.1) is 0 Å². The van der Waals surface area contributed by atoms with Crippen LogP contribution in [0.15, 0.2) is 12.3 Å². The van der Waals surface area contributed by atoms with Gasteiger partial charge in [0.05, 0.1) is 12.3 Å². The standard InChI is InChI=1S/C10H17N3O2/c1-4-15-10(14)8(2)11-7-9-5-6-12-13(9)3/h5-6,8,11H,4,7H2,1-3H3. The van der Waals surface area contributed by atoms with Gasteiger partial charge in [-0.1, -0.05) is 0 Å². The maximum absolute atomic E-state index is 11.3. The van der Waals surface area contributed by atoms with Crippen molar-refractivity contribution in [2.75, 3.05) is 6.61 Å². The van der Waals surface area contributed by atoms with Crippen molar-refractivity contribution < 1.29 is 9.53 Å². The molecule has 5 nitrogen and oxygen atoms in total. The molecular weight excluding hydrogens is 194 g/mol. The molecule has 0 aliphatic carbocycles. The highest BCUT2D eigenvalue weighted by molar-refractivity contribution is 5.75. The van der Waals surface area contributed by atoms with Crippen molar-refractivity contribution >= 4 is 5.97 Å². The highest BCUT2D eigenvalue weighted by Crippen LogP contribution is 1.97. The van der Waals surface area contributed by atoms with E-state index in [1.807, 2.05) is 13.1 Å². The molecule has 0 aliphatic heterocycles. The van der Waals surface area contributed by atoms with E-state index in [4.69, 9.17) is 4.74 Å². The maximum Gasteiger partial charge on any atom is 0.322 e. The minimum Gasteiger partial charge on any atom is -0.465 e. The molecule has 0 aliphatic rings. The van der Waals surface area contributed by atoms with Crippen LogP contribution in [0.1, 0.15) is 19.5 Å². The molecule has 1 heterocycles. The van der Waals surface area contributed by atoms with Gasteiger partial charge in [0.1, 0.15) is 6.04 Å². The molecule has 1 atom stereocenters. The Hall–Kier alpha value is -1.36. The molecule has 0 bridgehead atoms. The van der Waals surface area contributed by atoms with Gasteiger partial charge >= 0.3 is 5.97 Å². The lowest BCUT2D eigenvalue weighted by Gasteiger charge is -2.12. The highest BCUT2D eigenvalue weighted by atomic mass is 16.5. The molecule has 0 aromatic carbocycles. The van der Waals surface area contributed by atoms with Crippen LogP contribution < -0.4 is 5.32 Å². The van der Waals surface area contributed by atoms with Gasteiger partial charge in [0.2, 0.25) is 0 Å². The van der Waals surface area contributed by atoms with E-state index in [0.29, 0.717) is 13.2 Å². The summed E-state index contributed by atoms with van der Waals surface area (Å²) in [4.78, 5) is 11.3. The molecule has 0 amide bonds. The van der Waals surface area contributed by atoms with Crippen LogP contribution in [0.5, 0.6) is 0 Å². The first-order chi connectivity index (χ1) is 7.15. The van der Waals surface area contributed by atoms with Crippen LogP contribution in [0.3, 0.4) is 0 Å². The number of rotatable bonds is 5. The Bertz CT molecular complexity index is 322. The highest BCUT2D eigenvalue weighted by Gasteiger charge is 2.13. The van der Waals surface area contributed by atoms with Gasteiger partial charge in [-0.3, -0.25) is 14.8 Å². The summed E-state index contributed by atoms with van der Waals surface area (Å²) in [7, 11) is 1.87. The lowest BCUT2D eigenvalue weighted by Crippen LogP contribution is -2.35. The third kappa shape index (κ3) is 3.36. The smallest absolute Gasteiger partial charge is 0.322 e. The van der Waals surface area contributed by atoms with Gasteiger partial charge in [-0.05, 0) is 19.9 Å². The first-order valence-electron chi connectivity index (χ1n) is 5.02. The van der Waals surface area contributed by atoms with Gasteiger partial charge < -0.3 is 4.74 Å². The van der Waals surface area contributed by atoms with Crippen molar-refractivity contribution in [1.29, 1.82) is 0 Å². The molecule has 5 heteroatoms. The number of esters is 1. The van der Waals surface area contributed by atoms with Gasteiger partial charge in [-0.25, -0.2) is 0 Å². The number of ether oxygens (including phenoxy) is 1. The fourth-order valence-corrected chi connectivity index (χ4v) is 1.18. The minimum absolute atomic E-state index is 0.223. The van der Waals surface area contributed by atoms with Crippen LogP contribution in [0.2, 0.25) is 0 Å². The van der Waals surface area contributed by atoms with E-state index < -0.39 is 0 Å². The molecule has 15 heavy (non-hydrogen) atoms. The third-order valence-electron chi connectivity index (χ3n) is 2.15. The zero-order valence-corrected chi connectivity index (χ0v) is 9.36. The summed E-state index contributed by atoms with van der Waals surface area (Å²) in [5, 5.41) is 7.11. The number of nitrogens with one attached hydrogen (secondary N) is 1. The Kier molecular flexibility index (Phi) is 4.30. The zero-order chi connectivity index (χ0) is 11.3. The second-order valence-electron chi connectivity index (χ2n) is 3.30. The number of aryl methyl sites for hydroxylation is 1. The number of carbonyl (C=O) groups excluding carboxylic acids is 1. The fraction of sp³-hybridized carbons (Fsp3) is 0.600. The molecule has 0 saturated carbocycles. The van der Waals surface area contributed by atoms with Crippen molar-refractivity contribution in [2.24, 2.45) is 7.05 Å². The van der Waals surface area contributed by atoms with Crippen molar-refractivity contribution in [3.05, 3.63) is 18.0 Å². The molecule has 84 valence electrons. The average molecular weight is 211 g/mol. The van der Waals surface area contributed by atoms with E-state index in [9.17, 15) is 4.79 Å². The molecular formula is C10H17N3O2. The summed E-state index contributed by atoms with van der Waals surface area (Å²) in [6, 6.07) is 1.62. The van der Waals surface area contributed by atoms with Gasteiger partial charge in [-0.2, -0.15) is 5.10 Å². The molecule has 0 fully saturated rings. The summed E-state index contributed by atoms with van der Waals surface area (Å²) in [6.07, 6.45) is 1.73. The van der Waals surface area contributed by atoms with E-state index in [2.05, 4.69) is 10.4 Å². The number of aromatic nitrogens is 2. The number of hydrogen-bond acceptors (Lipinski definition) is 4. The number of hydrogen-bond donors (Lipinski definition) is 1. The van der Waals surface area contributed by atoms with Crippen LogP contribution in [0, 0.1) is 0 Å². The molecule has 0 saturated heterocycles. The maximum atomic E-state index is 11.3. The van der Waals surface area contributed by atoms with E-state index >= 15 is 0 Å². The minimum atomic E-state index is -0.292. The molecule has 0 radical (unpaired) electrons. The largest absolute Gasteiger partial charge is 0.465 e. The van der Waals surface area contributed by atoms with E-state index in [1.54, 1.807) is 24.7 Å². The van der Waals surface area contributed by atoms with Gasteiger partial charge in [0.25, 0.3) is 0 Å². The van der Waals surface area contributed by atoms with E-state index in [1.165, 1.54) is 0 Å². The molecule has 1 unspecified atom stereocenters. The lowest BCUT2D eigenvalue weighted by atomic mass is 10.3. The first kappa shape index (κ1) is 11.7. The normalized spacial score (nSPS) is 12.5. The second kappa shape index (κ2) is 5.50. The van der Waals surface area contributed by atoms with Crippen LogP contribution >= 0.6 is 0 Å². The Morgan fingerprint density at radius 3 is 3.00 bits per heavy atom. The molecule has 1 rings (SSSR count). The van der Waals surface area contributed by atoms with E-state index in [-0.39, 0.29) is 12.0 Å². The predicted octanol–water partition coefficient (Wildman–Crippen LogP) is 0.461. The van der Waals surface area contributed by atoms with Crippen molar-refractivity contribution in [1.82, 2.24) is 15.1 Å². The molecule has 1 aromatic rings. The summed E-state index contributed by atoms with van der Waals surface area (Å²) in [6.45, 7) is 4.60. The summed E-state index contributed by atoms with van der Waals surface area (Å²) in [5.74, 6) is -0.223. The Morgan fingerprint density at radius 2 is 2.47 bits per heavy atom. The van der Waals surface area contributed by atoms with Crippen molar-refractivity contribution in [3.8, 4) is 0 Å². The van der Waals surface area contributed by atoms with Crippen molar-refractivity contribution in [2.45, 2.75) is 26.4 Å². The molecule has 1 N–H and O–H groups in total.